The second-order valence-electron chi connectivity index (χ2n) is 3.63. The third-order valence-corrected chi connectivity index (χ3v) is 2.53. The first kappa shape index (κ1) is 9.71. The Hall–Kier alpha value is -2.50. The zero-order valence-electron chi connectivity index (χ0n) is 9.07. The number of imidazole rings is 1. The van der Waals surface area contributed by atoms with Gasteiger partial charge in [-0.15, -0.1) is 0 Å². The van der Waals surface area contributed by atoms with Crippen LogP contribution >= 0.6 is 0 Å². The van der Waals surface area contributed by atoms with E-state index in [-0.39, 0.29) is 5.69 Å². The largest absolute Gasteiger partial charge is 0.432 e. The third kappa shape index (κ3) is 1.59. The number of nitrogens with one attached hydrogen (secondary N) is 3. The van der Waals surface area contributed by atoms with Crippen LogP contribution in [0.5, 0.6) is 0 Å². The molecule has 86 valence electrons. The first-order chi connectivity index (χ1) is 8.26. The van der Waals surface area contributed by atoms with Crippen molar-refractivity contribution in [2.75, 3.05) is 12.4 Å². The van der Waals surface area contributed by atoms with Gasteiger partial charge >= 0.3 is 5.69 Å². The van der Waals surface area contributed by atoms with Gasteiger partial charge in [-0.25, -0.2) is 4.79 Å². The Labute approximate surface area is 95.7 Å². The van der Waals surface area contributed by atoms with Crippen LogP contribution in [0.2, 0.25) is 0 Å². The highest BCUT2D eigenvalue weighted by molar-refractivity contribution is 5.80. The molecule has 3 N–H and O–H groups in total. The maximum absolute atomic E-state index is 11.1. The lowest BCUT2D eigenvalue weighted by Gasteiger charge is -1.95. The van der Waals surface area contributed by atoms with Gasteiger partial charge in [0.25, 0.3) is 6.01 Å². The van der Waals surface area contributed by atoms with Crippen molar-refractivity contribution in [1.82, 2.24) is 15.0 Å². The number of fused-ring (bicyclic) bond motifs is 1. The Balaban J connectivity index is 2.13. The Morgan fingerprint density at radius 3 is 2.88 bits per heavy atom. The molecule has 2 heterocycles. The molecule has 0 aliphatic rings. The van der Waals surface area contributed by atoms with Crippen molar-refractivity contribution >= 4 is 17.0 Å². The Bertz CT molecular complexity index is 722. The lowest BCUT2D eigenvalue weighted by Crippen LogP contribution is -1.99. The lowest BCUT2D eigenvalue weighted by atomic mass is 10.1. The minimum absolute atomic E-state index is 0.215. The van der Waals surface area contributed by atoms with Crippen LogP contribution in [-0.4, -0.2) is 22.0 Å². The fraction of sp³-hybridized carbons (Fsp3) is 0.0909. The van der Waals surface area contributed by atoms with Gasteiger partial charge in [0.1, 0.15) is 12.0 Å². The van der Waals surface area contributed by atoms with Crippen LogP contribution in [0.4, 0.5) is 6.01 Å². The molecule has 0 saturated carbocycles. The molecule has 6 heteroatoms. The summed E-state index contributed by atoms with van der Waals surface area (Å²) in [6, 6.07) is 6.02. The van der Waals surface area contributed by atoms with Gasteiger partial charge in [-0.05, 0) is 12.1 Å². The Morgan fingerprint density at radius 1 is 1.29 bits per heavy atom. The number of H-pyrrole nitrogens is 2. The van der Waals surface area contributed by atoms with Gasteiger partial charge in [0.15, 0.2) is 0 Å². The van der Waals surface area contributed by atoms with Gasteiger partial charge in [0.2, 0.25) is 0 Å². The molecule has 3 aromatic rings. The summed E-state index contributed by atoms with van der Waals surface area (Å²) in [4.78, 5) is 20.8. The van der Waals surface area contributed by atoms with E-state index in [0.29, 0.717) is 6.01 Å². The zero-order chi connectivity index (χ0) is 11.8. The van der Waals surface area contributed by atoms with Crippen molar-refractivity contribution in [2.24, 2.45) is 0 Å². The van der Waals surface area contributed by atoms with E-state index < -0.39 is 0 Å². The minimum Gasteiger partial charge on any atom is -0.432 e. The number of aromatic amines is 2. The van der Waals surface area contributed by atoms with Crippen LogP contribution in [0.15, 0.2) is 33.7 Å². The molecule has 0 bridgehead atoms. The lowest BCUT2D eigenvalue weighted by molar-refractivity contribution is 0.576. The SMILES string of the molecule is CNc1nc(-c2ccc3[nH]c(=O)[nH]c3c2)co1. The van der Waals surface area contributed by atoms with Gasteiger partial charge in [0.05, 0.1) is 11.0 Å². The van der Waals surface area contributed by atoms with Crippen LogP contribution in [0, 0.1) is 0 Å². The van der Waals surface area contributed by atoms with Crippen molar-refractivity contribution in [2.45, 2.75) is 0 Å². The smallest absolute Gasteiger partial charge is 0.323 e. The van der Waals surface area contributed by atoms with Crippen molar-refractivity contribution in [3.63, 3.8) is 0 Å². The average Bonchev–Trinajstić information content (AvgIpc) is 2.92. The number of benzene rings is 1. The number of rotatable bonds is 2. The summed E-state index contributed by atoms with van der Waals surface area (Å²) in [5, 5.41) is 2.82. The monoisotopic (exact) mass is 230 g/mol. The van der Waals surface area contributed by atoms with Crippen molar-refractivity contribution in [3.05, 3.63) is 34.9 Å². The highest BCUT2D eigenvalue weighted by Gasteiger charge is 2.06. The highest BCUT2D eigenvalue weighted by Crippen LogP contribution is 2.22. The molecule has 0 amide bonds. The summed E-state index contributed by atoms with van der Waals surface area (Å²) in [5.74, 6) is 0. The fourth-order valence-electron chi connectivity index (χ4n) is 1.71. The summed E-state index contributed by atoms with van der Waals surface area (Å²) in [5.41, 5.74) is 2.92. The van der Waals surface area contributed by atoms with Crippen LogP contribution in [0.25, 0.3) is 22.3 Å². The van der Waals surface area contributed by atoms with Gasteiger partial charge in [-0.3, -0.25) is 0 Å². The van der Waals surface area contributed by atoms with E-state index in [2.05, 4.69) is 20.3 Å². The van der Waals surface area contributed by atoms with Crippen LogP contribution in [0.1, 0.15) is 0 Å². The molecule has 0 aliphatic heterocycles. The maximum atomic E-state index is 11.1. The van der Waals surface area contributed by atoms with Crippen LogP contribution in [0.3, 0.4) is 0 Å². The van der Waals surface area contributed by atoms with E-state index in [1.54, 1.807) is 13.3 Å². The molecule has 17 heavy (non-hydrogen) atoms. The molecular formula is C11H10N4O2. The molecule has 6 nitrogen and oxygen atoms in total. The van der Waals surface area contributed by atoms with Gasteiger partial charge in [-0.2, -0.15) is 4.98 Å². The van der Waals surface area contributed by atoms with Gasteiger partial charge < -0.3 is 19.7 Å². The molecule has 0 spiro atoms. The first-order valence-corrected chi connectivity index (χ1v) is 5.12. The molecule has 3 rings (SSSR count). The predicted octanol–water partition coefficient (Wildman–Crippen LogP) is 1.55. The first-order valence-electron chi connectivity index (χ1n) is 5.12. The standard InChI is InChI=1S/C11H10N4O2/c1-12-11-15-9(5-17-11)6-2-3-7-8(4-6)14-10(16)13-7/h2-5H,1H3,(H,12,15)(H2,13,14,16). The summed E-state index contributed by atoms with van der Waals surface area (Å²) in [6.45, 7) is 0. The number of anilines is 1. The van der Waals surface area contributed by atoms with E-state index >= 15 is 0 Å². The molecule has 2 aromatic heterocycles. The average molecular weight is 230 g/mol. The normalized spacial score (nSPS) is 10.9. The zero-order valence-corrected chi connectivity index (χ0v) is 9.07. The van der Waals surface area contributed by atoms with Gasteiger partial charge in [-0.1, -0.05) is 6.07 Å². The maximum Gasteiger partial charge on any atom is 0.323 e. The highest BCUT2D eigenvalue weighted by atomic mass is 16.4. The summed E-state index contributed by atoms with van der Waals surface area (Å²) >= 11 is 0. The number of nitrogens with zero attached hydrogens (tertiary/aromatic N) is 1. The van der Waals surface area contributed by atoms with Crippen molar-refractivity contribution in [1.29, 1.82) is 0 Å². The predicted molar refractivity (Wildman–Crippen MR) is 64.0 cm³/mol. The van der Waals surface area contributed by atoms with E-state index in [0.717, 1.165) is 22.3 Å². The van der Waals surface area contributed by atoms with Crippen molar-refractivity contribution in [3.8, 4) is 11.3 Å². The molecular weight excluding hydrogens is 220 g/mol. The van der Waals surface area contributed by atoms with E-state index in [1.807, 2.05) is 18.2 Å². The van der Waals surface area contributed by atoms with E-state index in [9.17, 15) is 4.79 Å². The molecule has 0 saturated heterocycles. The molecule has 1 aromatic carbocycles. The Morgan fingerprint density at radius 2 is 2.12 bits per heavy atom. The number of oxazole rings is 1. The quantitative estimate of drug-likeness (QED) is 0.623. The summed E-state index contributed by atoms with van der Waals surface area (Å²) < 4.78 is 5.18. The number of aromatic nitrogens is 3. The van der Waals surface area contributed by atoms with Crippen LogP contribution < -0.4 is 11.0 Å². The third-order valence-electron chi connectivity index (χ3n) is 2.53. The molecule has 0 radical (unpaired) electrons. The Kier molecular flexibility index (Phi) is 2.01. The molecule has 0 aliphatic carbocycles. The second kappa shape index (κ2) is 3.51. The molecule has 0 unspecified atom stereocenters. The second-order valence-corrected chi connectivity index (χ2v) is 3.63. The number of hydrogen-bond donors (Lipinski definition) is 3. The van der Waals surface area contributed by atoms with E-state index in [4.69, 9.17) is 4.42 Å². The van der Waals surface area contributed by atoms with Crippen molar-refractivity contribution < 1.29 is 4.42 Å². The fourth-order valence-corrected chi connectivity index (χ4v) is 1.71. The topological polar surface area (TPSA) is 86.7 Å². The van der Waals surface area contributed by atoms with Gasteiger partial charge in [0, 0.05) is 12.6 Å². The summed E-state index contributed by atoms with van der Waals surface area (Å²) in [7, 11) is 1.74. The summed E-state index contributed by atoms with van der Waals surface area (Å²) in [6.07, 6.45) is 1.57. The molecule has 0 atom stereocenters. The number of hydrogen-bond acceptors (Lipinski definition) is 4. The molecule has 0 fully saturated rings. The minimum atomic E-state index is -0.215. The van der Waals surface area contributed by atoms with Crippen LogP contribution in [-0.2, 0) is 0 Å². The van der Waals surface area contributed by atoms with E-state index in [1.165, 1.54) is 0 Å².